The van der Waals surface area contributed by atoms with E-state index in [1.54, 1.807) is 18.2 Å². The van der Waals surface area contributed by atoms with Crippen molar-refractivity contribution in [2.75, 3.05) is 5.48 Å². The van der Waals surface area contributed by atoms with Gasteiger partial charge in [0.05, 0.1) is 16.8 Å². The van der Waals surface area contributed by atoms with Crippen LogP contribution in [-0.2, 0) is 4.84 Å². The number of anilines is 1. The molecule has 0 aliphatic heterocycles. The molecule has 2 N–H and O–H groups in total. The van der Waals surface area contributed by atoms with Gasteiger partial charge in [-0.2, -0.15) is 0 Å². The number of carbonyl (C=O) groups excluding carboxylic acids is 1. The minimum Gasteiger partial charge on any atom is -0.478 e. The van der Waals surface area contributed by atoms with E-state index in [0.29, 0.717) is 5.69 Å². The SMILES string of the molecule is O=C(O)c1ccccc1C(=O)ONc1ccncc1. The summed E-state index contributed by atoms with van der Waals surface area (Å²) in [6.45, 7) is 0. The number of hydrogen-bond acceptors (Lipinski definition) is 5. The monoisotopic (exact) mass is 258 g/mol. The van der Waals surface area contributed by atoms with E-state index in [-0.39, 0.29) is 11.1 Å². The Hall–Kier alpha value is -2.89. The second-order valence-electron chi connectivity index (χ2n) is 3.58. The molecular formula is C13H10N2O4. The summed E-state index contributed by atoms with van der Waals surface area (Å²) in [6.07, 6.45) is 3.06. The first-order chi connectivity index (χ1) is 9.18. The summed E-state index contributed by atoms with van der Waals surface area (Å²) < 4.78 is 0. The summed E-state index contributed by atoms with van der Waals surface area (Å²) in [5, 5.41) is 8.96. The van der Waals surface area contributed by atoms with Crippen molar-refractivity contribution in [3.8, 4) is 0 Å². The van der Waals surface area contributed by atoms with Crippen LogP contribution in [0.5, 0.6) is 0 Å². The average molecular weight is 258 g/mol. The number of carboxylic acids is 1. The minimum absolute atomic E-state index is 0.0171. The number of rotatable bonds is 4. The molecule has 0 radical (unpaired) electrons. The molecule has 0 aliphatic carbocycles. The molecule has 0 aliphatic rings. The standard InChI is InChI=1S/C13H10N2O4/c16-12(17)10-3-1-2-4-11(10)13(18)19-15-9-5-7-14-8-6-9/h1-8H,(H,14,15)(H,16,17). The molecule has 0 spiro atoms. The number of hydrogen-bond donors (Lipinski definition) is 2. The maximum absolute atomic E-state index is 11.8. The third kappa shape index (κ3) is 3.06. The Bertz CT molecular complexity index is 599. The van der Waals surface area contributed by atoms with Crippen molar-refractivity contribution in [1.82, 2.24) is 4.98 Å². The molecule has 6 nitrogen and oxygen atoms in total. The first-order valence-corrected chi connectivity index (χ1v) is 5.38. The highest BCUT2D eigenvalue weighted by Crippen LogP contribution is 2.11. The molecule has 19 heavy (non-hydrogen) atoms. The topological polar surface area (TPSA) is 88.5 Å². The van der Waals surface area contributed by atoms with Crippen molar-refractivity contribution in [2.24, 2.45) is 0 Å². The number of benzene rings is 1. The van der Waals surface area contributed by atoms with Gasteiger partial charge in [0, 0.05) is 12.4 Å². The van der Waals surface area contributed by atoms with Gasteiger partial charge in [-0.15, -0.1) is 0 Å². The Morgan fingerprint density at radius 2 is 1.68 bits per heavy atom. The van der Waals surface area contributed by atoms with Crippen molar-refractivity contribution in [3.05, 3.63) is 59.9 Å². The zero-order chi connectivity index (χ0) is 13.7. The van der Waals surface area contributed by atoms with Gasteiger partial charge in [-0.25, -0.2) is 15.1 Å². The van der Waals surface area contributed by atoms with Gasteiger partial charge in [0.25, 0.3) is 0 Å². The maximum atomic E-state index is 11.8. The Morgan fingerprint density at radius 3 is 2.32 bits per heavy atom. The largest absolute Gasteiger partial charge is 0.478 e. The molecule has 1 aromatic heterocycles. The lowest BCUT2D eigenvalue weighted by molar-refractivity contribution is 0.0579. The normalized spacial score (nSPS) is 9.68. The van der Waals surface area contributed by atoms with E-state index in [4.69, 9.17) is 9.94 Å². The van der Waals surface area contributed by atoms with Crippen LogP contribution in [0.2, 0.25) is 0 Å². The van der Waals surface area contributed by atoms with Gasteiger partial charge in [0.15, 0.2) is 0 Å². The van der Waals surface area contributed by atoms with Gasteiger partial charge in [-0.3, -0.25) is 4.98 Å². The number of carboxylic acid groups (broad SMARTS) is 1. The number of aromatic carboxylic acids is 1. The van der Waals surface area contributed by atoms with Gasteiger partial charge < -0.3 is 9.94 Å². The molecule has 0 saturated heterocycles. The van der Waals surface area contributed by atoms with Crippen LogP contribution in [0, 0.1) is 0 Å². The molecule has 0 atom stereocenters. The summed E-state index contributed by atoms with van der Waals surface area (Å²) in [5.41, 5.74) is 2.84. The van der Waals surface area contributed by atoms with E-state index in [0.717, 1.165) is 0 Å². The molecule has 0 bridgehead atoms. The Morgan fingerprint density at radius 1 is 1.05 bits per heavy atom. The molecule has 1 heterocycles. The number of nitrogens with zero attached hydrogens (tertiary/aromatic N) is 1. The lowest BCUT2D eigenvalue weighted by Crippen LogP contribution is -2.14. The molecule has 96 valence electrons. The molecule has 2 rings (SSSR count). The van der Waals surface area contributed by atoms with E-state index in [1.165, 1.54) is 30.6 Å². The van der Waals surface area contributed by atoms with Crippen molar-refractivity contribution in [2.45, 2.75) is 0 Å². The number of nitrogens with one attached hydrogen (secondary N) is 1. The van der Waals surface area contributed by atoms with Gasteiger partial charge in [0.1, 0.15) is 0 Å². The van der Waals surface area contributed by atoms with Crippen molar-refractivity contribution in [1.29, 1.82) is 0 Å². The van der Waals surface area contributed by atoms with Crippen molar-refractivity contribution < 1.29 is 19.5 Å². The Balaban J connectivity index is 2.10. The van der Waals surface area contributed by atoms with E-state index in [9.17, 15) is 9.59 Å². The lowest BCUT2D eigenvalue weighted by atomic mass is 10.1. The van der Waals surface area contributed by atoms with Crippen LogP contribution >= 0.6 is 0 Å². The summed E-state index contributed by atoms with van der Waals surface area (Å²) in [6, 6.07) is 9.05. The van der Waals surface area contributed by atoms with Crippen molar-refractivity contribution >= 4 is 17.6 Å². The Labute approximate surface area is 108 Å². The predicted octanol–water partition coefficient (Wildman–Crippen LogP) is 1.96. The molecule has 6 heteroatoms. The summed E-state index contributed by atoms with van der Waals surface area (Å²) in [5.74, 6) is -1.95. The zero-order valence-corrected chi connectivity index (χ0v) is 9.74. The third-order valence-corrected chi connectivity index (χ3v) is 2.32. The van der Waals surface area contributed by atoms with E-state index in [1.807, 2.05) is 0 Å². The fourth-order valence-electron chi connectivity index (χ4n) is 1.43. The second kappa shape index (κ2) is 5.63. The van der Waals surface area contributed by atoms with Gasteiger partial charge >= 0.3 is 11.9 Å². The highest BCUT2D eigenvalue weighted by atomic mass is 16.7. The van der Waals surface area contributed by atoms with Crippen LogP contribution in [0.3, 0.4) is 0 Å². The summed E-state index contributed by atoms with van der Waals surface area (Å²) in [7, 11) is 0. The highest BCUT2D eigenvalue weighted by Gasteiger charge is 2.17. The molecule has 1 aromatic carbocycles. The fourth-order valence-corrected chi connectivity index (χ4v) is 1.43. The predicted molar refractivity (Wildman–Crippen MR) is 66.7 cm³/mol. The van der Waals surface area contributed by atoms with E-state index < -0.39 is 11.9 Å². The number of carbonyl (C=O) groups is 2. The quantitative estimate of drug-likeness (QED) is 0.815. The molecule has 0 amide bonds. The molecule has 0 unspecified atom stereocenters. The first kappa shape index (κ1) is 12.6. The third-order valence-electron chi connectivity index (χ3n) is 2.32. The van der Waals surface area contributed by atoms with Crippen LogP contribution in [0.25, 0.3) is 0 Å². The van der Waals surface area contributed by atoms with Gasteiger partial charge in [0.2, 0.25) is 0 Å². The van der Waals surface area contributed by atoms with Crippen LogP contribution < -0.4 is 5.48 Å². The van der Waals surface area contributed by atoms with E-state index in [2.05, 4.69) is 10.5 Å². The summed E-state index contributed by atoms with van der Waals surface area (Å²) in [4.78, 5) is 31.4. The van der Waals surface area contributed by atoms with E-state index >= 15 is 0 Å². The van der Waals surface area contributed by atoms with Crippen LogP contribution in [-0.4, -0.2) is 22.0 Å². The van der Waals surface area contributed by atoms with Crippen molar-refractivity contribution in [3.63, 3.8) is 0 Å². The fraction of sp³-hybridized carbons (Fsp3) is 0. The highest BCUT2D eigenvalue weighted by molar-refractivity contribution is 6.02. The molecule has 2 aromatic rings. The van der Waals surface area contributed by atoms with Crippen LogP contribution in [0.15, 0.2) is 48.8 Å². The number of aromatic nitrogens is 1. The van der Waals surface area contributed by atoms with Crippen LogP contribution in [0.4, 0.5) is 5.69 Å². The lowest BCUT2D eigenvalue weighted by Gasteiger charge is -2.07. The smallest absolute Gasteiger partial charge is 0.363 e. The first-order valence-electron chi connectivity index (χ1n) is 5.38. The average Bonchev–Trinajstić information content (AvgIpc) is 2.46. The number of pyridine rings is 1. The minimum atomic E-state index is -1.18. The van der Waals surface area contributed by atoms with Gasteiger partial charge in [-0.05, 0) is 24.3 Å². The summed E-state index contributed by atoms with van der Waals surface area (Å²) >= 11 is 0. The zero-order valence-electron chi connectivity index (χ0n) is 9.74. The van der Waals surface area contributed by atoms with Gasteiger partial charge in [-0.1, -0.05) is 12.1 Å². The maximum Gasteiger partial charge on any atom is 0.363 e. The van der Waals surface area contributed by atoms with Crippen LogP contribution in [0.1, 0.15) is 20.7 Å². The Kier molecular flexibility index (Phi) is 3.72. The molecule has 0 fully saturated rings. The second-order valence-corrected chi connectivity index (χ2v) is 3.58. The molecule has 0 saturated carbocycles. The molecular weight excluding hydrogens is 248 g/mol.